The lowest BCUT2D eigenvalue weighted by atomic mass is 10.2. The summed E-state index contributed by atoms with van der Waals surface area (Å²) >= 11 is 3.13. The predicted molar refractivity (Wildman–Crippen MR) is 58.9 cm³/mol. The van der Waals surface area contributed by atoms with Crippen molar-refractivity contribution in [3.05, 3.63) is 34.3 Å². The molecule has 2 rings (SSSR count). The van der Waals surface area contributed by atoms with Crippen LogP contribution < -0.4 is 0 Å². The molecule has 0 amide bonds. The van der Waals surface area contributed by atoms with Crippen molar-refractivity contribution in [2.24, 2.45) is 0 Å². The van der Waals surface area contributed by atoms with Crippen molar-refractivity contribution in [2.45, 2.75) is 13.3 Å². The largest absolute Gasteiger partial charge is 0.263 e. The number of aromatic nitrogens is 3. The maximum Gasteiger partial charge on any atom is 0.184 e. The summed E-state index contributed by atoms with van der Waals surface area (Å²) in [6.07, 6.45) is 0.753. The summed E-state index contributed by atoms with van der Waals surface area (Å²) in [6, 6.07) is 5.05. The van der Waals surface area contributed by atoms with Crippen molar-refractivity contribution < 1.29 is 4.39 Å². The van der Waals surface area contributed by atoms with E-state index in [4.69, 9.17) is 0 Å². The van der Waals surface area contributed by atoms with Crippen LogP contribution in [0.25, 0.3) is 11.4 Å². The first-order valence-corrected chi connectivity index (χ1v) is 5.37. The van der Waals surface area contributed by atoms with E-state index in [9.17, 15) is 4.39 Å². The molecule has 0 unspecified atom stereocenters. The van der Waals surface area contributed by atoms with Crippen LogP contribution in [-0.4, -0.2) is 15.2 Å². The summed E-state index contributed by atoms with van der Waals surface area (Å²) in [5.41, 5.74) is 0.403. The SMILES string of the molecule is CCc1nc(-c2cccc(Br)c2F)n[nH]1. The van der Waals surface area contributed by atoms with Crippen LogP contribution in [0.1, 0.15) is 12.7 Å². The maximum absolute atomic E-state index is 13.7. The zero-order chi connectivity index (χ0) is 10.8. The van der Waals surface area contributed by atoms with Crippen molar-refractivity contribution in [1.29, 1.82) is 0 Å². The highest BCUT2D eigenvalue weighted by atomic mass is 79.9. The van der Waals surface area contributed by atoms with Crippen LogP contribution in [0, 0.1) is 5.82 Å². The summed E-state index contributed by atoms with van der Waals surface area (Å²) in [5.74, 6) is 0.814. The Morgan fingerprint density at radius 2 is 2.27 bits per heavy atom. The molecule has 1 N–H and O–H groups in total. The van der Waals surface area contributed by atoms with Crippen LogP contribution in [0.15, 0.2) is 22.7 Å². The molecule has 0 radical (unpaired) electrons. The number of halogens is 2. The predicted octanol–water partition coefficient (Wildman–Crippen LogP) is 2.94. The minimum atomic E-state index is -0.334. The van der Waals surface area contributed by atoms with Gasteiger partial charge in [0.05, 0.1) is 10.0 Å². The van der Waals surface area contributed by atoms with Crippen molar-refractivity contribution in [3.8, 4) is 11.4 Å². The molecule has 0 aliphatic rings. The van der Waals surface area contributed by atoms with Gasteiger partial charge >= 0.3 is 0 Å². The van der Waals surface area contributed by atoms with E-state index in [1.54, 1.807) is 18.2 Å². The second-order valence-corrected chi connectivity index (χ2v) is 3.91. The van der Waals surface area contributed by atoms with Crippen LogP contribution in [0.2, 0.25) is 0 Å². The fraction of sp³-hybridized carbons (Fsp3) is 0.200. The molecule has 78 valence electrons. The molecule has 0 aliphatic heterocycles. The fourth-order valence-corrected chi connectivity index (χ4v) is 1.62. The zero-order valence-electron chi connectivity index (χ0n) is 8.09. The first-order chi connectivity index (χ1) is 7.22. The van der Waals surface area contributed by atoms with Crippen LogP contribution in [0.5, 0.6) is 0 Å². The van der Waals surface area contributed by atoms with Gasteiger partial charge in [0.15, 0.2) is 5.82 Å². The highest BCUT2D eigenvalue weighted by molar-refractivity contribution is 9.10. The number of hydrogen-bond donors (Lipinski definition) is 1. The number of rotatable bonds is 2. The molecular formula is C10H9BrFN3. The molecule has 0 bridgehead atoms. The lowest BCUT2D eigenvalue weighted by Crippen LogP contribution is -1.88. The van der Waals surface area contributed by atoms with Gasteiger partial charge in [-0.3, -0.25) is 5.10 Å². The van der Waals surface area contributed by atoms with Gasteiger partial charge in [-0.05, 0) is 28.1 Å². The first-order valence-electron chi connectivity index (χ1n) is 4.58. The second kappa shape index (κ2) is 4.10. The van der Waals surface area contributed by atoms with Gasteiger partial charge in [0.1, 0.15) is 11.6 Å². The van der Waals surface area contributed by atoms with Gasteiger partial charge < -0.3 is 0 Å². The Balaban J connectivity index is 2.49. The lowest BCUT2D eigenvalue weighted by molar-refractivity contribution is 0.623. The molecule has 0 saturated heterocycles. The van der Waals surface area contributed by atoms with E-state index in [0.29, 0.717) is 15.9 Å². The van der Waals surface area contributed by atoms with E-state index < -0.39 is 0 Å². The molecule has 5 heteroatoms. The molecule has 15 heavy (non-hydrogen) atoms. The average molecular weight is 270 g/mol. The number of H-pyrrole nitrogens is 1. The van der Waals surface area contributed by atoms with Gasteiger partial charge in [0.2, 0.25) is 0 Å². The van der Waals surface area contributed by atoms with Crippen LogP contribution in [-0.2, 0) is 6.42 Å². The Morgan fingerprint density at radius 1 is 1.47 bits per heavy atom. The molecule has 0 spiro atoms. The van der Waals surface area contributed by atoms with Gasteiger partial charge in [-0.2, -0.15) is 5.10 Å². The lowest BCUT2D eigenvalue weighted by Gasteiger charge is -1.99. The van der Waals surface area contributed by atoms with Crippen molar-refractivity contribution in [2.75, 3.05) is 0 Å². The van der Waals surface area contributed by atoms with Crippen LogP contribution >= 0.6 is 15.9 Å². The quantitative estimate of drug-likeness (QED) is 0.911. The van der Waals surface area contributed by atoms with E-state index in [0.717, 1.165) is 12.2 Å². The van der Waals surface area contributed by atoms with Gasteiger partial charge in [-0.1, -0.05) is 13.0 Å². The van der Waals surface area contributed by atoms with E-state index in [2.05, 4.69) is 31.1 Å². The Morgan fingerprint density at radius 3 is 2.93 bits per heavy atom. The van der Waals surface area contributed by atoms with Crippen LogP contribution in [0.3, 0.4) is 0 Å². The first kappa shape index (κ1) is 10.3. The minimum Gasteiger partial charge on any atom is -0.263 e. The standard InChI is InChI=1S/C10H9BrFN3/c1-2-8-13-10(15-14-8)6-4-3-5-7(11)9(6)12/h3-5H,2H2,1H3,(H,13,14,15). The van der Waals surface area contributed by atoms with E-state index in [1.807, 2.05) is 6.92 Å². The summed E-state index contributed by atoms with van der Waals surface area (Å²) in [5, 5.41) is 6.72. The molecule has 0 saturated carbocycles. The second-order valence-electron chi connectivity index (χ2n) is 3.06. The molecule has 1 aromatic carbocycles. The number of aryl methyl sites for hydroxylation is 1. The van der Waals surface area contributed by atoms with Crippen molar-refractivity contribution in [3.63, 3.8) is 0 Å². The van der Waals surface area contributed by atoms with Gasteiger partial charge in [0, 0.05) is 6.42 Å². The molecular weight excluding hydrogens is 261 g/mol. The zero-order valence-corrected chi connectivity index (χ0v) is 9.68. The molecule has 0 aliphatic carbocycles. The van der Waals surface area contributed by atoms with Crippen LogP contribution in [0.4, 0.5) is 4.39 Å². The third-order valence-electron chi connectivity index (χ3n) is 2.06. The highest BCUT2D eigenvalue weighted by Crippen LogP contribution is 2.25. The van der Waals surface area contributed by atoms with Gasteiger partial charge in [0.25, 0.3) is 0 Å². The highest BCUT2D eigenvalue weighted by Gasteiger charge is 2.12. The normalized spacial score (nSPS) is 10.6. The summed E-state index contributed by atoms with van der Waals surface area (Å²) < 4.78 is 14.1. The smallest absolute Gasteiger partial charge is 0.184 e. The number of aromatic amines is 1. The van der Waals surface area contributed by atoms with E-state index >= 15 is 0 Å². The Kier molecular flexibility index (Phi) is 2.81. The Hall–Kier alpha value is -1.23. The van der Waals surface area contributed by atoms with Gasteiger partial charge in [-0.25, -0.2) is 9.37 Å². The summed E-state index contributed by atoms with van der Waals surface area (Å²) in [6.45, 7) is 1.96. The number of hydrogen-bond acceptors (Lipinski definition) is 2. The minimum absolute atomic E-state index is 0.334. The molecule has 3 nitrogen and oxygen atoms in total. The third kappa shape index (κ3) is 1.92. The number of nitrogens with zero attached hydrogens (tertiary/aromatic N) is 2. The fourth-order valence-electron chi connectivity index (χ4n) is 1.25. The summed E-state index contributed by atoms with van der Waals surface area (Å²) in [4.78, 5) is 4.17. The Bertz CT molecular complexity index is 481. The molecule has 0 fully saturated rings. The topological polar surface area (TPSA) is 41.6 Å². The molecule has 1 aromatic heterocycles. The van der Waals surface area contributed by atoms with Gasteiger partial charge in [-0.15, -0.1) is 0 Å². The third-order valence-corrected chi connectivity index (χ3v) is 2.67. The number of benzene rings is 1. The summed E-state index contributed by atoms with van der Waals surface area (Å²) in [7, 11) is 0. The maximum atomic E-state index is 13.7. The van der Waals surface area contributed by atoms with Crippen molar-refractivity contribution >= 4 is 15.9 Å². The van der Waals surface area contributed by atoms with E-state index in [1.165, 1.54) is 0 Å². The van der Waals surface area contributed by atoms with Crippen molar-refractivity contribution in [1.82, 2.24) is 15.2 Å². The molecule has 1 heterocycles. The Labute approximate surface area is 94.9 Å². The van der Waals surface area contributed by atoms with E-state index in [-0.39, 0.29) is 5.82 Å². The molecule has 2 aromatic rings. The molecule has 0 atom stereocenters. The number of nitrogens with one attached hydrogen (secondary N) is 1. The average Bonchev–Trinajstić information content (AvgIpc) is 2.70. The monoisotopic (exact) mass is 269 g/mol.